The van der Waals surface area contributed by atoms with Crippen molar-refractivity contribution in [1.29, 1.82) is 0 Å². The highest BCUT2D eigenvalue weighted by Crippen LogP contribution is 2.17. The summed E-state index contributed by atoms with van der Waals surface area (Å²) < 4.78 is 7.35. The molecule has 0 fully saturated rings. The molecular formula is C19H20N2O2. The molecule has 0 atom stereocenters. The third-order valence-corrected chi connectivity index (χ3v) is 4.07. The van der Waals surface area contributed by atoms with E-state index < -0.39 is 0 Å². The van der Waals surface area contributed by atoms with Crippen LogP contribution in [0.5, 0.6) is 0 Å². The quantitative estimate of drug-likeness (QED) is 0.687. The van der Waals surface area contributed by atoms with Gasteiger partial charge in [0.15, 0.2) is 5.69 Å². The lowest BCUT2D eigenvalue weighted by atomic mass is 10.1. The van der Waals surface area contributed by atoms with E-state index in [1.165, 1.54) is 5.56 Å². The van der Waals surface area contributed by atoms with E-state index in [-0.39, 0.29) is 12.6 Å². The van der Waals surface area contributed by atoms with E-state index in [1.807, 2.05) is 50.4 Å². The first-order valence-corrected chi connectivity index (χ1v) is 7.80. The summed E-state index contributed by atoms with van der Waals surface area (Å²) in [6.45, 7) is 6.19. The van der Waals surface area contributed by atoms with Gasteiger partial charge in [0, 0.05) is 6.20 Å². The molecule has 1 aromatic carbocycles. The molecule has 0 aliphatic rings. The minimum Gasteiger partial charge on any atom is -0.456 e. The lowest BCUT2D eigenvalue weighted by molar-refractivity contribution is 0.0462. The third-order valence-electron chi connectivity index (χ3n) is 4.07. The second-order valence-electron chi connectivity index (χ2n) is 5.63. The number of imidazole rings is 1. The maximum Gasteiger partial charge on any atom is 0.357 e. The highest BCUT2D eigenvalue weighted by atomic mass is 16.5. The van der Waals surface area contributed by atoms with Crippen molar-refractivity contribution in [3.63, 3.8) is 0 Å². The molecule has 0 spiro atoms. The van der Waals surface area contributed by atoms with Crippen molar-refractivity contribution >= 4 is 11.6 Å². The summed E-state index contributed by atoms with van der Waals surface area (Å²) in [7, 11) is 0. The van der Waals surface area contributed by atoms with Gasteiger partial charge >= 0.3 is 5.97 Å². The van der Waals surface area contributed by atoms with Gasteiger partial charge in [-0.25, -0.2) is 9.78 Å². The highest BCUT2D eigenvalue weighted by molar-refractivity contribution is 5.90. The van der Waals surface area contributed by atoms with Gasteiger partial charge < -0.3 is 4.74 Å². The molecule has 0 aliphatic carbocycles. The number of carbonyl (C=O) groups excluding carboxylic acids is 1. The van der Waals surface area contributed by atoms with E-state index in [2.05, 4.69) is 18.0 Å². The number of fused-ring (bicyclic) bond motifs is 1. The summed E-state index contributed by atoms with van der Waals surface area (Å²) in [5.41, 5.74) is 5.26. The van der Waals surface area contributed by atoms with Gasteiger partial charge in [-0.05, 0) is 43.0 Å². The number of aromatic nitrogens is 2. The first kappa shape index (κ1) is 15.3. The summed E-state index contributed by atoms with van der Waals surface area (Å²) in [5.74, 6) is -0.341. The molecule has 0 amide bonds. The lowest BCUT2D eigenvalue weighted by Gasteiger charge is -2.09. The number of hydrogen-bond donors (Lipinski definition) is 0. The van der Waals surface area contributed by atoms with Crippen LogP contribution in [0.4, 0.5) is 0 Å². The van der Waals surface area contributed by atoms with E-state index in [4.69, 9.17) is 4.74 Å². The SMILES string of the molecule is CCc1ccccc1COC(=O)c1c(C)nc2c(C)cccn12. The van der Waals surface area contributed by atoms with Gasteiger partial charge in [-0.15, -0.1) is 0 Å². The predicted octanol–water partition coefficient (Wildman–Crippen LogP) is 3.87. The fourth-order valence-corrected chi connectivity index (χ4v) is 2.82. The van der Waals surface area contributed by atoms with Gasteiger partial charge in [0.25, 0.3) is 0 Å². The summed E-state index contributed by atoms with van der Waals surface area (Å²) in [4.78, 5) is 17.0. The molecule has 4 heteroatoms. The minimum atomic E-state index is -0.341. The predicted molar refractivity (Wildman–Crippen MR) is 89.6 cm³/mol. The van der Waals surface area contributed by atoms with Gasteiger partial charge in [0.2, 0.25) is 0 Å². The Hall–Kier alpha value is -2.62. The van der Waals surface area contributed by atoms with Crippen LogP contribution in [-0.2, 0) is 17.8 Å². The van der Waals surface area contributed by atoms with Crippen LogP contribution in [0.15, 0.2) is 42.6 Å². The van der Waals surface area contributed by atoms with Crippen LogP contribution in [-0.4, -0.2) is 15.4 Å². The fourth-order valence-electron chi connectivity index (χ4n) is 2.82. The average Bonchev–Trinajstić information content (AvgIpc) is 2.90. The maximum absolute atomic E-state index is 12.5. The normalized spacial score (nSPS) is 10.9. The van der Waals surface area contributed by atoms with Crippen LogP contribution in [0.1, 0.15) is 39.8 Å². The number of carbonyl (C=O) groups is 1. The number of benzene rings is 1. The molecule has 0 saturated heterocycles. The van der Waals surface area contributed by atoms with Crippen LogP contribution in [0, 0.1) is 13.8 Å². The molecule has 0 aliphatic heterocycles. The highest BCUT2D eigenvalue weighted by Gasteiger charge is 2.19. The Morgan fingerprint density at radius 2 is 1.87 bits per heavy atom. The molecule has 2 heterocycles. The van der Waals surface area contributed by atoms with Crippen molar-refractivity contribution in [3.8, 4) is 0 Å². The number of esters is 1. The number of ether oxygens (including phenoxy) is 1. The van der Waals surface area contributed by atoms with Crippen LogP contribution in [0.2, 0.25) is 0 Å². The van der Waals surface area contributed by atoms with Crippen molar-refractivity contribution < 1.29 is 9.53 Å². The van der Waals surface area contributed by atoms with Gasteiger partial charge in [-0.1, -0.05) is 37.3 Å². The summed E-state index contributed by atoms with van der Waals surface area (Å²) in [5, 5.41) is 0. The molecule has 3 rings (SSSR count). The van der Waals surface area contributed by atoms with Crippen LogP contribution in [0.3, 0.4) is 0 Å². The van der Waals surface area contributed by atoms with Crippen LogP contribution < -0.4 is 0 Å². The Morgan fingerprint density at radius 3 is 2.61 bits per heavy atom. The lowest BCUT2D eigenvalue weighted by Crippen LogP contribution is -2.10. The van der Waals surface area contributed by atoms with E-state index >= 15 is 0 Å². The van der Waals surface area contributed by atoms with Gasteiger partial charge in [0.05, 0.1) is 5.69 Å². The Kier molecular flexibility index (Phi) is 4.15. The Morgan fingerprint density at radius 1 is 1.13 bits per heavy atom. The molecule has 2 aromatic heterocycles. The molecule has 4 nitrogen and oxygen atoms in total. The minimum absolute atomic E-state index is 0.279. The standard InChI is InChI=1S/C19H20N2O2/c1-4-15-9-5-6-10-16(15)12-23-19(22)17-14(3)20-18-13(2)8-7-11-21(17)18/h5-11H,4,12H2,1-3H3. The first-order chi connectivity index (χ1) is 11.1. The third kappa shape index (κ3) is 2.84. The zero-order valence-electron chi connectivity index (χ0n) is 13.7. The van der Waals surface area contributed by atoms with Crippen LogP contribution in [0.25, 0.3) is 5.65 Å². The number of aryl methyl sites for hydroxylation is 3. The largest absolute Gasteiger partial charge is 0.456 e. The number of rotatable bonds is 4. The Bertz CT molecular complexity index is 865. The average molecular weight is 308 g/mol. The van der Waals surface area contributed by atoms with E-state index in [0.29, 0.717) is 11.4 Å². The second kappa shape index (κ2) is 6.24. The monoisotopic (exact) mass is 308 g/mol. The van der Waals surface area contributed by atoms with Gasteiger partial charge in [0.1, 0.15) is 12.3 Å². The first-order valence-electron chi connectivity index (χ1n) is 7.80. The summed E-state index contributed by atoms with van der Waals surface area (Å²) in [6.07, 6.45) is 2.76. The molecule has 0 bridgehead atoms. The molecule has 0 N–H and O–H groups in total. The molecule has 0 radical (unpaired) electrons. The number of hydrogen-bond acceptors (Lipinski definition) is 3. The topological polar surface area (TPSA) is 43.6 Å². The smallest absolute Gasteiger partial charge is 0.357 e. The van der Waals surface area contributed by atoms with E-state index in [0.717, 1.165) is 23.2 Å². The zero-order chi connectivity index (χ0) is 16.4. The van der Waals surface area contributed by atoms with E-state index in [1.54, 1.807) is 4.40 Å². The van der Waals surface area contributed by atoms with Gasteiger partial charge in [-0.3, -0.25) is 4.40 Å². The molecule has 23 heavy (non-hydrogen) atoms. The van der Waals surface area contributed by atoms with Crippen molar-refractivity contribution in [2.75, 3.05) is 0 Å². The van der Waals surface area contributed by atoms with E-state index in [9.17, 15) is 4.79 Å². The summed E-state index contributed by atoms with van der Waals surface area (Å²) >= 11 is 0. The fraction of sp³-hybridized carbons (Fsp3) is 0.263. The second-order valence-corrected chi connectivity index (χ2v) is 5.63. The number of pyridine rings is 1. The number of nitrogens with zero attached hydrogens (tertiary/aromatic N) is 2. The molecule has 0 unspecified atom stereocenters. The van der Waals surface area contributed by atoms with Crippen molar-refractivity contribution in [1.82, 2.24) is 9.38 Å². The molecule has 0 saturated carbocycles. The van der Waals surface area contributed by atoms with Crippen molar-refractivity contribution in [3.05, 3.63) is 70.7 Å². The van der Waals surface area contributed by atoms with Crippen molar-refractivity contribution in [2.45, 2.75) is 33.8 Å². The van der Waals surface area contributed by atoms with Crippen molar-refractivity contribution in [2.24, 2.45) is 0 Å². The Balaban J connectivity index is 1.87. The molecule has 118 valence electrons. The maximum atomic E-state index is 12.5. The molecule has 3 aromatic rings. The van der Waals surface area contributed by atoms with Gasteiger partial charge in [-0.2, -0.15) is 0 Å². The Labute approximate surface area is 135 Å². The molecular weight excluding hydrogens is 288 g/mol. The summed E-state index contributed by atoms with van der Waals surface area (Å²) in [6, 6.07) is 11.9. The van der Waals surface area contributed by atoms with Crippen LogP contribution >= 0.6 is 0 Å². The zero-order valence-corrected chi connectivity index (χ0v) is 13.7.